The van der Waals surface area contributed by atoms with Crippen molar-refractivity contribution < 1.29 is 9.53 Å². The Hall–Kier alpha value is -1.70. The molecule has 0 N–H and O–H groups in total. The van der Waals surface area contributed by atoms with Crippen LogP contribution in [0.25, 0.3) is 0 Å². The average molecular weight is 324 g/mol. The molecular formula is C15H28N6O2. The predicted molar refractivity (Wildman–Crippen MR) is 85.8 cm³/mol. The Balaban J connectivity index is 1.91. The molecule has 23 heavy (non-hydrogen) atoms. The lowest BCUT2D eigenvalue weighted by atomic mass is 10.2. The van der Waals surface area contributed by atoms with Crippen LogP contribution in [0.4, 0.5) is 4.79 Å². The third-order valence-electron chi connectivity index (χ3n) is 3.80. The zero-order valence-corrected chi connectivity index (χ0v) is 14.8. The maximum Gasteiger partial charge on any atom is 0.410 e. The molecule has 130 valence electrons. The molecule has 0 saturated carbocycles. The van der Waals surface area contributed by atoms with Gasteiger partial charge in [0.05, 0.1) is 6.54 Å². The van der Waals surface area contributed by atoms with Crippen molar-refractivity contribution in [2.24, 2.45) is 0 Å². The van der Waals surface area contributed by atoms with Gasteiger partial charge in [-0.1, -0.05) is 6.92 Å². The number of piperazine rings is 1. The number of nitrogens with zero attached hydrogens (tertiary/aromatic N) is 6. The minimum absolute atomic E-state index is 0.236. The number of rotatable bonds is 4. The summed E-state index contributed by atoms with van der Waals surface area (Å²) in [7, 11) is 0. The van der Waals surface area contributed by atoms with Crippen molar-refractivity contribution in [1.82, 2.24) is 30.0 Å². The molecule has 2 heterocycles. The van der Waals surface area contributed by atoms with Crippen molar-refractivity contribution >= 4 is 6.09 Å². The maximum atomic E-state index is 12.2. The van der Waals surface area contributed by atoms with E-state index in [0.29, 0.717) is 19.6 Å². The van der Waals surface area contributed by atoms with Crippen molar-refractivity contribution in [3.63, 3.8) is 0 Å². The molecule has 0 spiro atoms. The molecule has 1 unspecified atom stereocenters. The summed E-state index contributed by atoms with van der Waals surface area (Å²) >= 11 is 0. The smallest absolute Gasteiger partial charge is 0.410 e. The first-order valence-electron chi connectivity index (χ1n) is 8.27. The minimum atomic E-state index is -0.459. The van der Waals surface area contributed by atoms with Crippen molar-refractivity contribution in [1.29, 1.82) is 0 Å². The largest absolute Gasteiger partial charge is 0.444 e. The highest BCUT2D eigenvalue weighted by Crippen LogP contribution is 2.16. The van der Waals surface area contributed by atoms with Crippen LogP contribution in [0, 0.1) is 0 Å². The van der Waals surface area contributed by atoms with Crippen molar-refractivity contribution in [2.75, 3.05) is 19.6 Å². The van der Waals surface area contributed by atoms with Gasteiger partial charge in [-0.2, -0.15) is 0 Å². The van der Waals surface area contributed by atoms with Crippen LogP contribution in [0.5, 0.6) is 0 Å². The highest BCUT2D eigenvalue weighted by Gasteiger charge is 2.30. The lowest BCUT2D eigenvalue weighted by Crippen LogP contribution is -2.54. The van der Waals surface area contributed by atoms with E-state index in [2.05, 4.69) is 34.3 Å². The van der Waals surface area contributed by atoms with Crippen LogP contribution in [0.3, 0.4) is 0 Å². The van der Waals surface area contributed by atoms with Gasteiger partial charge in [0, 0.05) is 32.2 Å². The third kappa shape index (κ3) is 4.89. The molecule has 1 aromatic heterocycles. The van der Waals surface area contributed by atoms with Crippen LogP contribution in [0.1, 0.15) is 46.9 Å². The molecule has 2 rings (SSSR count). The van der Waals surface area contributed by atoms with Gasteiger partial charge in [-0.3, -0.25) is 4.90 Å². The monoisotopic (exact) mass is 324 g/mol. The quantitative estimate of drug-likeness (QED) is 0.836. The number of hydrogen-bond donors (Lipinski definition) is 0. The fourth-order valence-corrected chi connectivity index (χ4v) is 2.63. The normalized spacial score (nSPS) is 19.9. The molecule has 1 amide bonds. The van der Waals surface area contributed by atoms with E-state index in [1.54, 1.807) is 4.90 Å². The lowest BCUT2D eigenvalue weighted by molar-refractivity contribution is 0.00406. The zero-order valence-electron chi connectivity index (χ0n) is 14.8. The number of carbonyl (C=O) groups is 1. The predicted octanol–water partition coefficient (Wildman–Crippen LogP) is 1.52. The molecule has 0 aliphatic carbocycles. The van der Waals surface area contributed by atoms with Crippen LogP contribution < -0.4 is 0 Å². The fraction of sp³-hybridized carbons (Fsp3) is 0.867. The Bertz CT molecular complexity index is 524. The molecule has 1 atom stereocenters. The molecule has 1 aromatic rings. The highest BCUT2D eigenvalue weighted by molar-refractivity contribution is 5.68. The van der Waals surface area contributed by atoms with Gasteiger partial charge < -0.3 is 9.64 Å². The van der Waals surface area contributed by atoms with Crippen molar-refractivity contribution in [3.05, 3.63) is 5.82 Å². The summed E-state index contributed by atoms with van der Waals surface area (Å²) in [5.74, 6) is 0.879. The molecule has 1 aliphatic rings. The Kier molecular flexibility index (Phi) is 5.56. The van der Waals surface area contributed by atoms with Crippen LogP contribution in [0.15, 0.2) is 0 Å². The number of aryl methyl sites for hydroxylation is 1. The van der Waals surface area contributed by atoms with Gasteiger partial charge in [0.2, 0.25) is 0 Å². The van der Waals surface area contributed by atoms with E-state index in [1.165, 1.54) is 0 Å². The summed E-state index contributed by atoms with van der Waals surface area (Å²) in [6, 6.07) is 0.239. The summed E-state index contributed by atoms with van der Waals surface area (Å²) in [5, 5.41) is 11.9. The van der Waals surface area contributed by atoms with Crippen LogP contribution >= 0.6 is 0 Å². The van der Waals surface area contributed by atoms with Crippen LogP contribution in [-0.4, -0.2) is 67.4 Å². The van der Waals surface area contributed by atoms with E-state index in [1.807, 2.05) is 25.5 Å². The molecule has 1 saturated heterocycles. The Morgan fingerprint density at radius 1 is 1.35 bits per heavy atom. The van der Waals surface area contributed by atoms with Gasteiger partial charge in [0.1, 0.15) is 5.60 Å². The molecule has 0 aromatic carbocycles. The number of amides is 1. The maximum absolute atomic E-state index is 12.2. The number of tetrazole rings is 1. The van der Waals surface area contributed by atoms with E-state index in [9.17, 15) is 4.79 Å². The van der Waals surface area contributed by atoms with Crippen molar-refractivity contribution in [2.45, 2.75) is 65.8 Å². The summed E-state index contributed by atoms with van der Waals surface area (Å²) < 4.78 is 7.30. The van der Waals surface area contributed by atoms with E-state index < -0.39 is 5.60 Å². The molecular weight excluding hydrogens is 296 g/mol. The number of hydrogen-bond acceptors (Lipinski definition) is 6. The zero-order chi connectivity index (χ0) is 17.0. The van der Waals surface area contributed by atoms with Crippen molar-refractivity contribution in [3.8, 4) is 0 Å². The molecule has 8 nitrogen and oxygen atoms in total. The second-order valence-electron chi connectivity index (χ2n) is 7.06. The topological polar surface area (TPSA) is 76.4 Å². The van der Waals surface area contributed by atoms with E-state index in [4.69, 9.17) is 4.74 Å². The first kappa shape index (κ1) is 17.7. The molecule has 0 radical (unpaired) electrons. The van der Waals surface area contributed by atoms with E-state index in [0.717, 1.165) is 25.3 Å². The second-order valence-corrected chi connectivity index (χ2v) is 7.06. The Labute approximate surface area is 137 Å². The third-order valence-corrected chi connectivity index (χ3v) is 3.80. The number of carbonyl (C=O) groups excluding carboxylic acids is 1. The summed E-state index contributed by atoms with van der Waals surface area (Å²) in [6.45, 7) is 13.5. The summed E-state index contributed by atoms with van der Waals surface area (Å²) in [5.41, 5.74) is -0.459. The molecule has 1 fully saturated rings. The van der Waals surface area contributed by atoms with Crippen LogP contribution in [0.2, 0.25) is 0 Å². The summed E-state index contributed by atoms with van der Waals surface area (Å²) in [6.07, 6.45) is 0.764. The standard InChI is InChI=1S/C15H28N6O2/c1-6-7-21-13(16-17-18-21)11-19-8-9-20(10-12(19)2)14(22)23-15(3,4)5/h12H,6-11H2,1-5H3. The van der Waals surface area contributed by atoms with Gasteiger partial charge in [-0.15, -0.1) is 5.10 Å². The highest BCUT2D eigenvalue weighted by atomic mass is 16.6. The average Bonchev–Trinajstić information content (AvgIpc) is 2.87. The Morgan fingerprint density at radius 2 is 2.09 bits per heavy atom. The van der Waals surface area contributed by atoms with Gasteiger partial charge in [-0.05, 0) is 44.5 Å². The second kappa shape index (κ2) is 7.25. The molecule has 8 heteroatoms. The number of ether oxygens (including phenoxy) is 1. The van der Waals surface area contributed by atoms with E-state index in [-0.39, 0.29) is 12.1 Å². The number of aromatic nitrogens is 4. The van der Waals surface area contributed by atoms with E-state index >= 15 is 0 Å². The molecule has 0 bridgehead atoms. The first-order chi connectivity index (χ1) is 10.8. The van der Waals surface area contributed by atoms with Gasteiger partial charge in [0.15, 0.2) is 5.82 Å². The Morgan fingerprint density at radius 3 is 2.70 bits per heavy atom. The fourth-order valence-electron chi connectivity index (χ4n) is 2.63. The van der Waals surface area contributed by atoms with Crippen LogP contribution in [-0.2, 0) is 17.8 Å². The molecule has 1 aliphatic heterocycles. The first-order valence-corrected chi connectivity index (χ1v) is 8.27. The van der Waals surface area contributed by atoms with Gasteiger partial charge in [0.25, 0.3) is 0 Å². The van der Waals surface area contributed by atoms with Gasteiger partial charge in [-0.25, -0.2) is 9.48 Å². The summed E-state index contributed by atoms with van der Waals surface area (Å²) in [4.78, 5) is 16.3. The van der Waals surface area contributed by atoms with Gasteiger partial charge >= 0.3 is 6.09 Å². The SMILES string of the molecule is CCCn1nnnc1CN1CCN(C(=O)OC(C)(C)C)CC1C. The minimum Gasteiger partial charge on any atom is -0.444 e. The lowest BCUT2D eigenvalue weighted by Gasteiger charge is -2.39.